The molecule has 0 saturated carbocycles. The summed E-state index contributed by atoms with van der Waals surface area (Å²) in [6.07, 6.45) is -1.16. The van der Waals surface area contributed by atoms with Crippen LogP contribution in [-0.4, -0.2) is 32.2 Å². The van der Waals surface area contributed by atoms with Gasteiger partial charge in [-0.05, 0) is 37.3 Å². The summed E-state index contributed by atoms with van der Waals surface area (Å²) in [6, 6.07) is 9.48. The summed E-state index contributed by atoms with van der Waals surface area (Å²) in [7, 11) is -3.96. The van der Waals surface area contributed by atoms with E-state index in [-0.39, 0.29) is 26.5 Å². The Kier molecular flexibility index (Phi) is 3.92. The molecule has 2 aromatic rings. The lowest BCUT2D eigenvalue weighted by atomic mass is 10.0. The zero-order valence-electron chi connectivity index (χ0n) is 13.1. The molecule has 0 spiro atoms. The van der Waals surface area contributed by atoms with Gasteiger partial charge in [0.1, 0.15) is 0 Å². The number of rotatable bonds is 3. The number of primary amides is 1. The van der Waals surface area contributed by atoms with E-state index in [9.17, 15) is 22.8 Å². The summed E-state index contributed by atoms with van der Waals surface area (Å²) in [6.45, 7) is 1.30. The van der Waals surface area contributed by atoms with Gasteiger partial charge in [-0.25, -0.2) is 13.2 Å². The molecule has 0 radical (unpaired) electrons. The van der Waals surface area contributed by atoms with Gasteiger partial charge in [0.2, 0.25) is 9.84 Å². The van der Waals surface area contributed by atoms with Crippen molar-refractivity contribution >= 4 is 27.5 Å². The number of hydrogen-bond acceptors (Lipinski definition) is 6. The number of ketones is 1. The molecule has 1 aliphatic heterocycles. The summed E-state index contributed by atoms with van der Waals surface area (Å²) >= 11 is 0. The quantitative estimate of drug-likeness (QED) is 0.699. The predicted molar refractivity (Wildman–Crippen MR) is 85.8 cm³/mol. The van der Waals surface area contributed by atoms with Gasteiger partial charge in [-0.15, -0.1) is 0 Å². The van der Waals surface area contributed by atoms with Crippen LogP contribution < -0.4 is 5.73 Å². The number of hydrogen-bond donors (Lipinski definition) is 1. The minimum absolute atomic E-state index is 0.0156. The van der Waals surface area contributed by atoms with Crippen molar-refractivity contribution in [1.82, 2.24) is 0 Å². The molecular formula is C17H13NO6S. The lowest BCUT2D eigenvalue weighted by Crippen LogP contribution is -2.30. The number of benzene rings is 2. The van der Waals surface area contributed by atoms with Crippen LogP contribution in [0.4, 0.5) is 0 Å². The molecule has 1 aliphatic rings. The van der Waals surface area contributed by atoms with Crippen LogP contribution in [0.1, 0.15) is 33.2 Å². The molecular weight excluding hydrogens is 346 g/mol. The van der Waals surface area contributed by atoms with Crippen molar-refractivity contribution in [2.24, 2.45) is 5.73 Å². The van der Waals surface area contributed by atoms with E-state index in [1.807, 2.05) is 0 Å². The molecule has 1 heterocycles. The Morgan fingerprint density at radius 1 is 1.04 bits per heavy atom. The van der Waals surface area contributed by atoms with E-state index in [1.54, 1.807) is 6.07 Å². The second-order valence-electron chi connectivity index (χ2n) is 5.49. The maximum Gasteiger partial charge on any atom is 0.338 e. The first-order valence-electron chi connectivity index (χ1n) is 7.26. The topological polar surface area (TPSA) is 121 Å². The number of fused-ring (bicyclic) bond motifs is 2. The van der Waals surface area contributed by atoms with Gasteiger partial charge in [0, 0.05) is 11.1 Å². The van der Waals surface area contributed by atoms with Crippen molar-refractivity contribution < 1.29 is 27.5 Å². The highest BCUT2D eigenvalue weighted by atomic mass is 32.2. The maximum atomic E-state index is 12.8. The number of nitrogens with two attached hydrogens (primary N) is 1. The largest absolute Gasteiger partial charge is 0.449 e. The first-order valence-corrected chi connectivity index (χ1v) is 8.75. The lowest BCUT2D eigenvalue weighted by Gasteiger charge is -2.19. The van der Waals surface area contributed by atoms with Crippen LogP contribution >= 0.6 is 0 Å². The van der Waals surface area contributed by atoms with E-state index in [2.05, 4.69) is 0 Å². The highest BCUT2D eigenvalue weighted by Crippen LogP contribution is 2.34. The van der Waals surface area contributed by atoms with Gasteiger partial charge in [0.25, 0.3) is 5.91 Å². The third-order valence-electron chi connectivity index (χ3n) is 3.86. The van der Waals surface area contributed by atoms with E-state index in [1.165, 1.54) is 37.3 Å². The molecule has 0 saturated heterocycles. The predicted octanol–water partition coefficient (Wildman–Crippen LogP) is 1.09. The molecule has 7 nitrogen and oxygen atoms in total. The zero-order chi connectivity index (χ0) is 18.4. The average molecular weight is 359 g/mol. The Morgan fingerprint density at radius 3 is 2.36 bits per heavy atom. The van der Waals surface area contributed by atoms with Crippen LogP contribution in [0.3, 0.4) is 0 Å². The van der Waals surface area contributed by atoms with Crippen LogP contribution in [-0.2, 0) is 19.4 Å². The van der Waals surface area contributed by atoms with Crippen LogP contribution in [0, 0.1) is 0 Å². The van der Waals surface area contributed by atoms with Crippen molar-refractivity contribution in [3.05, 3.63) is 59.2 Å². The van der Waals surface area contributed by atoms with Crippen LogP contribution in [0.25, 0.3) is 0 Å². The number of carbonyl (C=O) groups is 3. The Bertz CT molecular complexity index is 1030. The van der Waals surface area contributed by atoms with Crippen LogP contribution in [0.5, 0.6) is 0 Å². The molecule has 0 aromatic heterocycles. The van der Waals surface area contributed by atoms with Gasteiger partial charge in [-0.1, -0.05) is 12.1 Å². The van der Waals surface area contributed by atoms with Crippen molar-refractivity contribution in [3.8, 4) is 0 Å². The molecule has 0 aliphatic carbocycles. The van der Waals surface area contributed by atoms with Crippen molar-refractivity contribution in [2.45, 2.75) is 22.8 Å². The number of carbonyl (C=O) groups excluding carboxylic acids is 3. The first-order chi connectivity index (χ1) is 11.7. The van der Waals surface area contributed by atoms with Gasteiger partial charge in [-0.2, -0.15) is 0 Å². The number of amides is 1. The monoisotopic (exact) mass is 359 g/mol. The van der Waals surface area contributed by atoms with Gasteiger partial charge in [-0.3, -0.25) is 9.59 Å². The second-order valence-corrected chi connectivity index (χ2v) is 7.38. The van der Waals surface area contributed by atoms with E-state index < -0.39 is 33.6 Å². The van der Waals surface area contributed by atoms with Crippen molar-refractivity contribution in [2.75, 3.05) is 0 Å². The number of sulfone groups is 1. The van der Waals surface area contributed by atoms with Crippen LogP contribution in [0.15, 0.2) is 52.3 Å². The van der Waals surface area contributed by atoms with Crippen LogP contribution in [0.2, 0.25) is 0 Å². The summed E-state index contributed by atoms with van der Waals surface area (Å²) in [5, 5.41) is 0. The zero-order valence-corrected chi connectivity index (χ0v) is 13.9. The molecule has 0 unspecified atom stereocenters. The molecule has 0 fully saturated rings. The smallest absolute Gasteiger partial charge is 0.338 e. The highest BCUT2D eigenvalue weighted by molar-refractivity contribution is 7.91. The van der Waals surface area contributed by atoms with Gasteiger partial charge < -0.3 is 10.5 Å². The molecule has 2 aromatic carbocycles. The first kappa shape index (κ1) is 16.8. The van der Waals surface area contributed by atoms with E-state index in [0.29, 0.717) is 0 Å². The molecule has 0 bridgehead atoms. The summed E-state index contributed by atoms with van der Waals surface area (Å²) in [4.78, 5) is 35.2. The minimum atomic E-state index is -3.96. The number of esters is 1. The Hall–Kier alpha value is -3.00. The van der Waals surface area contributed by atoms with E-state index in [4.69, 9.17) is 10.5 Å². The molecule has 128 valence electrons. The fourth-order valence-corrected chi connectivity index (χ4v) is 4.18. The molecule has 1 atom stereocenters. The van der Waals surface area contributed by atoms with Gasteiger partial charge in [0.15, 0.2) is 11.9 Å². The molecule has 25 heavy (non-hydrogen) atoms. The Morgan fingerprint density at radius 2 is 1.68 bits per heavy atom. The van der Waals surface area contributed by atoms with Gasteiger partial charge in [0.05, 0.1) is 15.4 Å². The fraction of sp³-hybridized carbons (Fsp3) is 0.118. The maximum absolute atomic E-state index is 12.8. The number of ether oxygens (including phenoxy) is 1. The molecule has 2 N–H and O–H groups in total. The Labute approximate surface area is 143 Å². The SMILES string of the molecule is C[C@H](OC(=O)c1ccc2c(c1)S(=O)(=O)c1ccccc1C2=O)C(N)=O. The summed E-state index contributed by atoms with van der Waals surface area (Å²) in [5.41, 5.74) is 5.01. The van der Waals surface area contributed by atoms with E-state index >= 15 is 0 Å². The lowest BCUT2D eigenvalue weighted by molar-refractivity contribution is -0.125. The third-order valence-corrected chi connectivity index (χ3v) is 5.71. The summed E-state index contributed by atoms with van der Waals surface area (Å²) in [5.74, 6) is -2.18. The molecule has 3 rings (SSSR count). The highest BCUT2D eigenvalue weighted by Gasteiger charge is 2.35. The normalized spacial score (nSPS) is 15.6. The van der Waals surface area contributed by atoms with Crippen molar-refractivity contribution in [1.29, 1.82) is 0 Å². The van der Waals surface area contributed by atoms with E-state index in [0.717, 1.165) is 6.07 Å². The second kappa shape index (κ2) is 5.82. The minimum Gasteiger partial charge on any atom is -0.449 e. The standard InChI is InChI=1S/C17H13NO6S/c1-9(16(18)20)24-17(21)10-6-7-12-14(8-10)25(22,23)13-5-3-2-4-11(13)15(12)19/h2-9H,1H3,(H2,18,20)/t9-/m0/s1. The Balaban J connectivity index is 2.09. The van der Waals surface area contributed by atoms with Crippen molar-refractivity contribution in [3.63, 3.8) is 0 Å². The molecule has 1 amide bonds. The summed E-state index contributed by atoms with van der Waals surface area (Å²) < 4.78 is 30.4. The average Bonchev–Trinajstić information content (AvgIpc) is 2.59. The molecule has 8 heteroatoms. The fourth-order valence-electron chi connectivity index (χ4n) is 2.50. The third kappa shape index (κ3) is 2.70. The van der Waals surface area contributed by atoms with Gasteiger partial charge >= 0.3 is 5.97 Å².